The van der Waals surface area contributed by atoms with Crippen LogP contribution in [0.25, 0.3) is 0 Å². The molecule has 1 heterocycles. The van der Waals surface area contributed by atoms with E-state index >= 15 is 0 Å². The number of unbranched alkanes of at least 4 members (excludes halogenated alkanes) is 3. The van der Waals surface area contributed by atoms with Gasteiger partial charge in [0.25, 0.3) is 0 Å². The van der Waals surface area contributed by atoms with Crippen LogP contribution in [-0.4, -0.2) is 30.2 Å². The minimum Gasteiger partial charge on any atom is -0.342 e. The SMILES string of the molecule is CCCCCCC(=O)N1CCCC(CC=O)C1. The van der Waals surface area contributed by atoms with Crippen LogP contribution in [0.3, 0.4) is 0 Å². The summed E-state index contributed by atoms with van der Waals surface area (Å²) in [6.07, 6.45) is 9.04. The molecule has 1 unspecified atom stereocenters. The van der Waals surface area contributed by atoms with Crippen molar-refractivity contribution in [1.82, 2.24) is 4.90 Å². The lowest BCUT2D eigenvalue weighted by molar-refractivity contribution is -0.133. The van der Waals surface area contributed by atoms with Crippen molar-refractivity contribution >= 4 is 12.2 Å². The van der Waals surface area contributed by atoms with Gasteiger partial charge in [-0.25, -0.2) is 0 Å². The zero-order valence-corrected chi connectivity index (χ0v) is 11.0. The Kier molecular flexibility index (Phi) is 6.90. The van der Waals surface area contributed by atoms with E-state index in [0.717, 1.165) is 45.1 Å². The highest BCUT2D eigenvalue weighted by Gasteiger charge is 2.22. The first kappa shape index (κ1) is 14.2. The van der Waals surface area contributed by atoms with Gasteiger partial charge >= 0.3 is 0 Å². The second-order valence-electron chi connectivity index (χ2n) is 5.06. The number of rotatable bonds is 7. The highest BCUT2D eigenvalue weighted by Crippen LogP contribution is 2.19. The number of likely N-dealkylation sites (tertiary alicyclic amines) is 1. The smallest absolute Gasteiger partial charge is 0.222 e. The first-order valence-corrected chi connectivity index (χ1v) is 6.99. The third kappa shape index (κ3) is 5.33. The van der Waals surface area contributed by atoms with Crippen LogP contribution in [0.4, 0.5) is 0 Å². The number of nitrogens with zero attached hydrogens (tertiary/aromatic N) is 1. The third-order valence-electron chi connectivity index (χ3n) is 3.55. The van der Waals surface area contributed by atoms with E-state index in [1.165, 1.54) is 12.8 Å². The largest absolute Gasteiger partial charge is 0.342 e. The number of carbonyl (C=O) groups is 2. The molecular weight excluding hydrogens is 214 g/mol. The van der Waals surface area contributed by atoms with Gasteiger partial charge in [-0.05, 0) is 25.2 Å². The first-order valence-electron chi connectivity index (χ1n) is 6.99. The van der Waals surface area contributed by atoms with E-state index in [4.69, 9.17) is 0 Å². The molecule has 0 N–H and O–H groups in total. The Morgan fingerprint density at radius 3 is 2.88 bits per heavy atom. The maximum atomic E-state index is 11.9. The molecule has 0 spiro atoms. The zero-order chi connectivity index (χ0) is 12.5. The fraction of sp³-hybridized carbons (Fsp3) is 0.857. The third-order valence-corrected chi connectivity index (χ3v) is 3.55. The predicted octanol–water partition coefficient (Wildman–Crippen LogP) is 2.78. The Morgan fingerprint density at radius 1 is 1.35 bits per heavy atom. The van der Waals surface area contributed by atoms with Crippen molar-refractivity contribution in [3.05, 3.63) is 0 Å². The molecule has 1 aliphatic rings. The summed E-state index contributed by atoms with van der Waals surface area (Å²) in [4.78, 5) is 24.4. The predicted molar refractivity (Wildman–Crippen MR) is 68.7 cm³/mol. The summed E-state index contributed by atoms with van der Waals surface area (Å²) in [6.45, 7) is 3.86. The molecule has 1 fully saturated rings. The van der Waals surface area contributed by atoms with Crippen LogP contribution >= 0.6 is 0 Å². The second-order valence-corrected chi connectivity index (χ2v) is 5.06. The molecule has 0 bridgehead atoms. The maximum absolute atomic E-state index is 11.9. The summed E-state index contributed by atoms with van der Waals surface area (Å²) in [5.74, 6) is 0.692. The van der Waals surface area contributed by atoms with Gasteiger partial charge in [-0.15, -0.1) is 0 Å². The molecule has 0 aliphatic carbocycles. The van der Waals surface area contributed by atoms with Crippen molar-refractivity contribution < 1.29 is 9.59 Å². The zero-order valence-electron chi connectivity index (χ0n) is 11.0. The average Bonchev–Trinajstić information content (AvgIpc) is 2.35. The van der Waals surface area contributed by atoms with E-state index in [-0.39, 0.29) is 5.91 Å². The molecule has 0 aromatic rings. The van der Waals surface area contributed by atoms with Gasteiger partial charge in [0.1, 0.15) is 6.29 Å². The van der Waals surface area contributed by atoms with Crippen LogP contribution < -0.4 is 0 Å². The van der Waals surface area contributed by atoms with E-state index in [2.05, 4.69) is 6.92 Å². The summed E-state index contributed by atoms with van der Waals surface area (Å²) in [6, 6.07) is 0. The molecule has 1 atom stereocenters. The fourth-order valence-corrected chi connectivity index (χ4v) is 2.48. The Labute approximate surface area is 105 Å². The minimum absolute atomic E-state index is 0.289. The van der Waals surface area contributed by atoms with E-state index < -0.39 is 0 Å². The molecule has 0 saturated carbocycles. The van der Waals surface area contributed by atoms with Crippen LogP contribution in [0.1, 0.15) is 58.3 Å². The van der Waals surface area contributed by atoms with Crippen molar-refractivity contribution in [2.24, 2.45) is 5.92 Å². The van der Waals surface area contributed by atoms with Crippen LogP contribution in [0.2, 0.25) is 0 Å². The van der Waals surface area contributed by atoms with Crippen LogP contribution in [0.5, 0.6) is 0 Å². The number of hydrogen-bond donors (Lipinski definition) is 0. The highest BCUT2D eigenvalue weighted by molar-refractivity contribution is 5.76. The van der Waals surface area contributed by atoms with Crippen molar-refractivity contribution in [3.63, 3.8) is 0 Å². The molecule has 1 amide bonds. The number of carbonyl (C=O) groups excluding carboxylic acids is 2. The lowest BCUT2D eigenvalue weighted by Gasteiger charge is -2.32. The average molecular weight is 239 g/mol. The van der Waals surface area contributed by atoms with E-state index in [1.54, 1.807) is 0 Å². The Balaban J connectivity index is 2.23. The maximum Gasteiger partial charge on any atom is 0.222 e. The van der Waals surface area contributed by atoms with Crippen molar-refractivity contribution in [2.45, 2.75) is 58.3 Å². The molecule has 3 nitrogen and oxygen atoms in total. The summed E-state index contributed by atoms with van der Waals surface area (Å²) in [5.41, 5.74) is 0. The molecule has 0 aromatic carbocycles. The number of amides is 1. The summed E-state index contributed by atoms with van der Waals surface area (Å²) in [5, 5.41) is 0. The first-order chi connectivity index (χ1) is 8.27. The van der Waals surface area contributed by atoms with Crippen molar-refractivity contribution in [1.29, 1.82) is 0 Å². The van der Waals surface area contributed by atoms with Gasteiger partial charge in [0.2, 0.25) is 5.91 Å². The molecule has 1 rings (SSSR count). The van der Waals surface area contributed by atoms with E-state index in [9.17, 15) is 9.59 Å². The number of piperidine rings is 1. The summed E-state index contributed by atoms with van der Waals surface area (Å²) < 4.78 is 0. The molecule has 0 radical (unpaired) electrons. The standard InChI is InChI=1S/C14H25NO2/c1-2-3-4-5-8-14(17)15-10-6-7-13(12-15)9-11-16/h11,13H,2-10,12H2,1H3. The Morgan fingerprint density at radius 2 is 2.18 bits per heavy atom. The normalized spacial score (nSPS) is 20.3. The topological polar surface area (TPSA) is 37.4 Å². The lowest BCUT2D eigenvalue weighted by Crippen LogP contribution is -2.39. The van der Waals surface area contributed by atoms with Crippen LogP contribution in [0, 0.1) is 5.92 Å². The van der Waals surface area contributed by atoms with Crippen molar-refractivity contribution in [2.75, 3.05) is 13.1 Å². The van der Waals surface area contributed by atoms with E-state index in [1.807, 2.05) is 4.90 Å². The Hall–Kier alpha value is -0.860. The second kappa shape index (κ2) is 8.26. The molecule has 3 heteroatoms. The van der Waals surface area contributed by atoms with Crippen molar-refractivity contribution in [3.8, 4) is 0 Å². The molecule has 0 aromatic heterocycles. The monoisotopic (exact) mass is 239 g/mol. The number of hydrogen-bond acceptors (Lipinski definition) is 2. The quantitative estimate of drug-likeness (QED) is 0.506. The summed E-state index contributed by atoms with van der Waals surface area (Å²) in [7, 11) is 0. The molecule has 1 saturated heterocycles. The van der Waals surface area contributed by atoms with Gasteiger partial charge in [0.15, 0.2) is 0 Å². The van der Waals surface area contributed by atoms with E-state index in [0.29, 0.717) is 18.8 Å². The van der Waals surface area contributed by atoms with Gasteiger partial charge in [0, 0.05) is 25.9 Å². The van der Waals surface area contributed by atoms with Gasteiger partial charge < -0.3 is 9.69 Å². The fourth-order valence-electron chi connectivity index (χ4n) is 2.48. The molecule has 98 valence electrons. The molecule has 17 heavy (non-hydrogen) atoms. The molecular formula is C14H25NO2. The lowest BCUT2D eigenvalue weighted by atomic mass is 9.95. The Bertz CT molecular complexity index is 240. The number of aldehydes is 1. The van der Waals surface area contributed by atoms with Gasteiger partial charge in [-0.1, -0.05) is 26.2 Å². The molecule has 1 aliphatic heterocycles. The van der Waals surface area contributed by atoms with Gasteiger partial charge in [-0.3, -0.25) is 4.79 Å². The minimum atomic E-state index is 0.289. The summed E-state index contributed by atoms with van der Waals surface area (Å²) >= 11 is 0. The van der Waals surface area contributed by atoms with Crippen LogP contribution in [0.15, 0.2) is 0 Å². The van der Waals surface area contributed by atoms with Crippen LogP contribution in [-0.2, 0) is 9.59 Å². The van der Waals surface area contributed by atoms with Gasteiger partial charge in [0.05, 0.1) is 0 Å². The highest BCUT2D eigenvalue weighted by atomic mass is 16.2. The van der Waals surface area contributed by atoms with Gasteiger partial charge in [-0.2, -0.15) is 0 Å².